The highest BCUT2D eigenvalue weighted by Crippen LogP contribution is 2.40. The molecule has 0 saturated heterocycles. The second-order valence-corrected chi connectivity index (χ2v) is 5.93. The predicted octanol–water partition coefficient (Wildman–Crippen LogP) is 2.46. The van der Waals surface area contributed by atoms with Crippen LogP contribution in [-0.2, 0) is 9.59 Å². The van der Waals surface area contributed by atoms with E-state index in [1.54, 1.807) is 18.2 Å². The number of aromatic nitrogens is 1. The van der Waals surface area contributed by atoms with Gasteiger partial charge in [-0.1, -0.05) is 0 Å². The Labute approximate surface area is 124 Å². The Morgan fingerprint density at radius 2 is 2.19 bits per heavy atom. The molecule has 6 nitrogen and oxygen atoms in total. The van der Waals surface area contributed by atoms with Crippen LogP contribution in [0.1, 0.15) is 24.7 Å². The highest BCUT2D eigenvalue weighted by molar-refractivity contribution is 8.00. The lowest BCUT2D eigenvalue weighted by Crippen LogP contribution is -2.15. The Morgan fingerprint density at radius 1 is 1.38 bits per heavy atom. The van der Waals surface area contributed by atoms with Gasteiger partial charge in [0.05, 0.1) is 11.5 Å². The molecule has 1 aliphatic carbocycles. The largest absolute Gasteiger partial charge is 0.481 e. The van der Waals surface area contributed by atoms with Crippen LogP contribution in [-0.4, -0.2) is 33.5 Å². The van der Waals surface area contributed by atoms with E-state index in [4.69, 9.17) is 9.52 Å². The molecule has 1 saturated carbocycles. The molecular formula is C14H14N2O4S. The van der Waals surface area contributed by atoms with E-state index >= 15 is 0 Å². The molecule has 21 heavy (non-hydrogen) atoms. The molecule has 2 N–H and O–H groups in total. The maximum absolute atomic E-state index is 11.7. The highest BCUT2D eigenvalue weighted by atomic mass is 32.2. The second kappa shape index (κ2) is 5.77. The summed E-state index contributed by atoms with van der Waals surface area (Å²) in [6.45, 7) is 0. The van der Waals surface area contributed by atoms with Crippen molar-refractivity contribution >= 4 is 40.4 Å². The number of carbonyl (C=O) groups excluding carboxylic acids is 1. The number of rotatable bonds is 6. The lowest BCUT2D eigenvalue weighted by molar-refractivity contribution is -0.133. The zero-order valence-electron chi connectivity index (χ0n) is 11.2. The fraction of sp³-hybridized carbons (Fsp3) is 0.357. The number of thioether (sulfide) groups is 1. The maximum Gasteiger partial charge on any atom is 0.313 e. The zero-order valence-corrected chi connectivity index (χ0v) is 12.0. The van der Waals surface area contributed by atoms with Crippen LogP contribution in [0.2, 0.25) is 0 Å². The van der Waals surface area contributed by atoms with E-state index in [1.165, 1.54) is 0 Å². The number of carbonyl (C=O) groups is 2. The van der Waals surface area contributed by atoms with Gasteiger partial charge in [-0.25, -0.2) is 4.98 Å². The monoisotopic (exact) mass is 306 g/mol. The first kappa shape index (κ1) is 13.9. The van der Waals surface area contributed by atoms with Gasteiger partial charge in [-0.15, -0.1) is 11.8 Å². The van der Waals surface area contributed by atoms with Gasteiger partial charge in [0, 0.05) is 11.6 Å². The molecule has 1 aliphatic rings. The van der Waals surface area contributed by atoms with Crippen LogP contribution in [0.5, 0.6) is 0 Å². The second-order valence-electron chi connectivity index (χ2n) is 4.94. The standard InChI is InChI=1S/C14H14N2O4S/c17-12(6-21-7-13(18)19)15-9-3-4-11-10(5-9)16-14(20-11)8-1-2-8/h3-5,8H,1-2,6-7H2,(H,15,17)(H,18,19). The van der Waals surface area contributed by atoms with Gasteiger partial charge in [0.15, 0.2) is 11.5 Å². The summed E-state index contributed by atoms with van der Waals surface area (Å²) in [5.74, 6) is 0.0843. The Kier molecular flexibility index (Phi) is 3.83. The van der Waals surface area contributed by atoms with Crippen molar-refractivity contribution in [2.45, 2.75) is 18.8 Å². The summed E-state index contributed by atoms with van der Waals surface area (Å²) in [5.41, 5.74) is 2.09. The molecule has 0 unspecified atom stereocenters. The molecule has 0 aliphatic heterocycles. The Bertz CT molecular complexity index is 693. The lowest BCUT2D eigenvalue weighted by atomic mass is 10.3. The van der Waals surface area contributed by atoms with Gasteiger partial charge >= 0.3 is 5.97 Å². The molecule has 110 valence electrons. The van der Waals surface area contributed by atoms with Gasteiger partial charge in [0.1, 0.15) is 5.52 Å². The number of hydrogen-bond donors (Lipinski definition) is 2. The van der Waals surface area contributed by atoms with Crippen molar-refractivity contribution in [2.24, 2.45) is 0 Å². The molecule has 0 bridgehead atoms. The number of fused-ring (bicyclic) bond motifs is 1. The lowest BCUT2D eigenvalue weighted by Gasteiger charge is -2.03. The molecule has 2 aromatic rings. The van der Waals surface area contributed by atoms with Crippen LogP contribution in [0, 0.1) is 0 Å². The molecule has 3 rings (SSSR count). The first-order chi connectivity index (χ1) is 10.1. The third-order valence-corrected chi connectivity index (χ3v) is 3.99. The quantitative estimate of drug-likeness (QED) is 0.851. The van der Waals surface area contributed by atoms with Gasteiger partial charge in [0.25, 0.3) is 0 Å². The van der Waals surface area contributed by atoms with Gasteiger partial charge in [-0.3, -0.25) is 9.59 Å². The maximum atomic E-state index is 11.7. The molecule has 0 atom stereocenters. The summed E-state index contributed by atoms with van der Waals surface area (Å²) in [6, 6.07) is 5.31. The molecule has 1 aromatic carbocycles. The van der Waals surface area contributed by atoms with Crippen molar-refractivity contribution in [2.75, 3.05) is 16.8 Å². The van der Waals surface area contributed by atoms with Gasteiger partial charge in [-0.2, -0.15) is 0 Å². The van der Waals surface area contributed by atoms with Crippen LogP contribution in [0.4, 0.5) is 5.69 Å². The van der Waals surface area contributed by atoms with Crippen LogP contribution in [0.3, 0.4) is 0 Å². The van der Waals surface area contributed by atoms with Crippen molar-refractivity contribution in [3.63, 3.8) is 0 Å². The van der Waals surface area contributed by atoms with E-state index in [-0.39, 0.29) is 17.4 Å². The van der Waals surface area contributed by atoms with E-state index in [0.717, 1.165) is 41.6 Å². The van der Waals surface area contributed by atoms with E-state index in [2.05, 4.69) is 10.3 Å². The number of benzene rings is 1. The predicted molar refractivity (Wildman–Crippen MR) is 79.6 cm³/mol. The number of anilines is 1. The number of nitrogens with zero attached hydrogens (tertiary/aromatic N) is 1. The molecule has 1 heterocycles. The molecule has 1 amide bonds. The zero-order chi connectivity index (χ0) is 14.8. The minimum Gasteiger partial charge on any atom is -0.481 e. The summed E-state index contributed by atoms with van der Waals surface area (Å²) in [7, 11) is 0. The van der Waals surface area contributed by atoms with Crippen LogP contribution in [0.25, 0.3) is 11.1 Å². The third kappa shape index (κ3) is 3.55. The topological polar surface area (TPSA) is 92.4 Å². The number of aliphatic carboxylic acids is 1. The third-order valence-electron chi connectivity index (χ3n) is 3.07. The van der Waals surface area contributed by atoms with E-state index in [9.17, 15) is 9.59 Å². The summed E-state index contributed by atoms with van der Waals surface area (Å²) in [6.07, 6.45) is 2.24. The minimum atomic E-state index is -0.926. The summed E-state index contributed by atoms with van der Waals surface area (Å²) in [5, 5.41) is 11.2. The molecule has 1 fully saturated rings. The number of nitrogens with one attached hydrogen (secondary N) is 1. The normalized spacial score (nSPS) is 14.3. The summed E-state index contributed by atoms with van der Waals surface area (Å²) in [4.78, 5) is 26.5. The minimum absolute atomic E-state index is 0.0828. The summed E-state index contributed by atoms with van der Waals surface area (Å²) < 4.78 is 5.65. The number of carboxylic acids is 1. The Balaban J connectivity index is 1.63. The fourth-order valence-electron chi connectivity index (χ4n) is 1.96. The SMILES string of the molecule is O=C(O)CSCC(=O)Nc1ccc2oc(C3CC3)nc2c1. The number of hydrogen-bond acceptors (Lipinski definition) is 5. The van der Waals surface area contributed by atoms with Crippen LogP contribution >= 0.6 is 11.8 Å². The first-order valence-electron chi connectivity index (χ1n) is 6.61. The van der Waals surface area contributed by atoms with Crippen molar-refractivity contribution in [1.29, 1.82) is 0 Å². The van der Waals surface area contributed by atoms with Crippen molar-refractivity contribution in [3.8, 4) is 0 Å². The van der Waals surface area contributed by atoms with E-state index < -0.39 is 5.97 Å². The van der Waals surface area contributed by atoms with Gasteiger partial charge in [-0.05, 0) is 31.0 Å². The van der Waals surface area contributed by atoms with Gasteiger partial charge in [0.2, 0.25) is 5.91 Å². The Hall–Kier alpha value is -2.02. The van der Waals surface area contributed by atoms with Gasteiger partial charge < -0.3 is 14.8 Å². The smallest absolute Gasteiger partial charge is 0.313 e. The summed E-state index contributed by atoms with van der Waals surface area (Å²) >= 11 is 1.06. The highest BCUT2D eigenvalue weighted by Gasteiger charge is 2.28. The number of carboxylic acid groups (broad SMARTS) is 1. The Morgan fingerprint density at radius 3 is 2.90 bits per heavy atom. The molecule has 1 aromatic heterocycles. The first-order valence-corrected chi connectivity index (χ1v) is 7.77. The van der Waals surface area contributed by atoms with E-state index in [0.29, 0.717) is 11.6 Å². The number of oxazole rings is 1. The average molecular weight is 306 g/mol. The van der Waals surface area contributed by atoms with Crippen LogP contribution < -0.4 is 5.32 Å². The average Bonchev–Trinajstić information content (AvgIpc) is 3.18. The molecular weight excluding hydrogens is 292 g/mol. The number of amides is 1. The fourth-order valence-corrected chi connectivity index (χ4v) is 2.49. The van der Waals surface area contributed by atoms with Crippen molar-refractivity contribution < 1.29 is 19.1 Å². The van der Waals surface area contributed by atoms with Crippen molar-refractivity contribution in [1.82, 2.24) is 4.98 Å². The van der Waals surface area contributed by atoms with Crippen LogP contribution in [0.15, 0.2) is 22.6 Å². The molecule has 0 radical (unpaired) electrons. The molecule has 0 spiro atoms. The van der Waals surface area contributed by atoms with E-state index in [1.807, 2.05) is 0 Å². The molecule has 7 heteroatoms. The van der Waals surface area contributed by atoms with Crippen molar-refractivity contribution in [3.05, 3.63) is 24.1 Å².